The average molecular weight is 365 g/mol. The van der Waals surface area contributed by atoms with Gasteiger partial charge in [0.1, 0.15) is 5.82 Å². The SMILES string of the molecule is O=C(NC1CCCC1Br)c1cc(F)cc(Br)c1. The second-order valence-corrected chi connectivity index (χ2v) is 6.28. The molecule has 2 atom stereocenters. The molecule has 0 heterocycles. The number of halogens is 3. The molecule has 1 aromatic rings. The van der Waals surface area contributed by atoms with Crippen molar-refractivity contribution < 1.29 is 9.18 Å². The number of carbonyl (C=O) groups excluding carboxylic acids is 1. The van der Waals surface area contributed by atoms with Crippen molar-refractivity contribution in [2.75, 3.05) is 0 Å². The first kappa shape index (κ1) is 13.0. The monoisotopic (exact) mass is 363 g/mol. The lowest BCUT2D eigenvalue weighted by Crippen LogP contribution is -2.37. The standard InChI is InChI=1S/C12H12Br2FNO/c13-8-4-7(5-9(15)6-8)12(17)16-11-3-1-2-10(11)14/h4-6,10-11H,1-3H2,(H,16,17). The minimum atomic E-state index is -0.411. The summed E-state index contributed by atoms with van der Waals surface area (Å²) in [7, 11) is 0. The number of hydrogen-bond donors (Lipinski definition) is 1. The Morgan fingerprint density at radius 1 is 1.35 bits per heavy atom. The maximum absolute atomic E-state index is 13.2. The molecular weight excluding hydrogens is 353 g/mol. The molecule has 0 bridgehead atoms. The van der Waals surface area contributed by atoms with Crippen LogP contribution in [0.1, 0.15) is 29.6 Å². The average Bonchev–Trinajstić information content (AvgIpc) is 2.63. The number of amides is 1. The molecular formula is C12H12Br2FNO. The van der Waals surface area contributed by atoms with Crippen molar-refractivity contribution in [2.45, 2.75) is 30.1 Å². The Morgan fingerprint density at radius 3 is 2.71 bits per heavy atom. The van der Waals surface area contributed by atoms with Crippen molar-refractivity contribution in [1.82, 2.24) is 5.32 Å². The summed E-state index contributed by atoms with van der Waals surface area (Å²) in [5, 5.41) is 2.93. The van der Waals surface area contributed by atoms with Gasteiger partial charge in [-0.25, -0.2) is 4.39 Å². The Morgan fingerprint density at radius 2 is 2.12 bits per heavy atom. The number of benzene rings is 1. The predicted molar refractivity (Wildman–Crippen MR) is 71.9 cm³/mol. The van der Waals surface area contributed by atoms with Gasteiger partial charge in [0.25, 0.3) is 5.91 Å². The summed E-state index contributed by atoms with van der Waals surface area (Å²) in [6, 6.07) is 4.35. The largest absolute Gasteiger partial charge is 0.348 e. The molecule has 1 saturated carbocycles. The molecule has 1 aliphatic carbocycles. The Kier molecular flexibility index (Phi) is 4.20. The minimum Gasteiger partial charge on any atom is -0.348 e. The van der Waals surface area contributed by atoms with Gasteiger partial charge in [-0.05, 0) is 31.0 Å². The first-order valence-corrected chi connectivity index (χ1v) is 7.18. The van der Waals surface area contributed by atoms with E-state index in [4.69, 9.17) is 0 Å². The van der Waals surface area contributed by atoms with Crippen LogP contribution in [0.15, 0.2) is 22.7 Å². The zero-order chi connectivity index (χ0) is 12.4. The summed E-state index contributed by atoms with van der Waals surface area (Å²) in [6.45, 7) is 0. The van der Waals surface area contributed by atoms with Crippen molar-refractivity contribution in [3.8, 4) is 0 Å². The Bertz CT molecular complexity index is 418. The molecule has 17 heavy (non-hydrogen) atoms. The highest BCUT2D eigenvalue weighted by atomic mass is 79.9. The van der Waals surface area contributed by atoms with Crippen LogP contribution in [0, 0.1) is 5.82 Å². The van der Waals surface area contributed by atoms with Crippen LogP contribution in [0.25, 0.3) is 0 Å². The van der Waals surface area contributed by atoms with E-state index < -0.39 is 5.82 Å². The lowest BCUT2D eigenvalue weighted by molar-refractivity contribution is 0.0938. The van der Waals surface area contributed by atoms with Crippen molar-refractivity contribution in [1.29, 1.82) is 0 Å². The van der Waals surface area contributed by atoms with Gasteiger partial charge in [-0.2, -0.15) is 0 Å². The highest BCUT2D eigenvalue weighted by Crippen LogP contribution is 2.26. The molecule has 5 heteroatoms. The van der Waals surface area contributed by atoms with Crippen molar-refractivity contribution in [3.05, 3.63) is 34.1 Å². The quantitative estimate of drug-likeness (QED) is 0.797. The third-order valence-electron chi connectivity index (χ3n) is 2.87. The Balaban J connectivity index is 2.09. The van der Waals surface area contributed by atoms with Gasteiger partial charge >= 0.3 is 0 Å². The van der Waals surface area contributed by atoms with Crippen LogP contribution in [-0.4, -0.2) is 16.8 Å². The van der Waals surface area contributed by atoms with Crippen LogP contribution in [0.2, 0.25) is 0 Å². The summed E-state index contributed by atoms with van der Waals surface area (Å²) in [5.74, 6) is -0.632. The fraction of sp³-hybridized carbons (Fsp3) is 0.417. The maximum Gasteiger partial charge on any atom is 0.251 e. The molecule has 2 rings (SSSR count). The highest BCUT2D eigenvalue weighted by Gasteiger charge is 2.26. The third kappa shape index (κ3) is 3.28. The topological polar surface area (TPSA) is 29.1 Å². The van der Waals surface area contributed by atoms with E-state index >= 15 is 0 Å². The summed E-state index contributed by atoms with van der Waals surface area (Å²) >= 11 is 6.71. The van der Waals surface area contributed by atoms with E-state index in [2.05, 4.69) is 37.2 Å². The van der Waals surface area contributed by atoms with E-state index in [1.807, 2.05) is 0 Å². The van der Waals surface area contributed by atoms with Crippen molar-refractivity contribution in [3.63, 3.8) is 0 Å². The maximum atomic E-state index is 13.2. The van der Waals surface area contributed by atoms with E-state index in [0.29, 0.717) is 14.9 Å². The lowest BCUT2D eigenvalue weighted by atomic mass is 10.2. The molecule has 0 aromatic heterocycles. The summed E-state index contributed by atoms with van der Waals surface area (Å²) in [6.07, 6.45) is 3.14. The van der Waals surface area contributed by atoms with E-state index in [9.17, 15) is 9.18 Å². The first-order chi connectivity index (χ1) is 8.06. The van der Waals surface area contributed by atoms with Gasteiger partial charge in [0, 0.05) is 20.9 Å². The molecule has 0 saturated heterocycles. The smallest absolute Gasteiger partial charge is 0.251 e. The first-order valence-electron chi connectivity index (χ1n) is 5.47. The van der Waals surface area contributed by atoms with Crippen LogP contribution in [-0.2, 0) is 0 Å². The molecule has 92 valence electrons. The van der Waals surface area contributed by atoms with E-state index in [-0.39, 0.29) is 11.9 Å². The van der Waals surface area contributed by atoms with Gasteiger partial charge in [0.15, 0.2) is 0 Å². The fourth-order valence-corrected chi connectivity index (χ4v) is 3.20. The molecule has 1 amide bonds. The molecule has 0 spiro atoms. The van der Waals surface area contributed by atoms with Crippen LogP contribution >= 0.6 is 31.9 Å². The Hall–Kier alpha value is -0.420. The summed E-state index contributed by atoms with van der Waals surface area (Å²) < 4.78 is 13.7. The van der Waals surface area contributed by atoms with Crippen LogP contribution in [0.5, 0.6) is 0 Å². The number of rotatable bonds is 2. The number of carbonyl (C=O) groups is 1. The molecule has 1 fully saturated rings. The summed E-state index contributed by atoms with van der Waals surface area (Å²) in [4.78, 5) is 12.3. The zero-order valence-corrected chi connectivity index (χ0v) is 12.2. The van der Waals surface area contributed by atoms with Crippen LogP contribution in [0.4, 0.5) is 4.39 Å². The molecule has 0 radical (unpaired) electrons. The van der Waals surface area contributed by atoms with Gasteiger partial charge in [-0.1, -0.05) is 38.3 Å². The van der Waals surface area contributed by atoms with Crippen molar-refractivity contribution >= 4 is 37.8 Å². The molecule has 1 N–H and O–H groups in total. The second kappa shape index (κ2) is 5.48. The highest BCUT2D eigenvalue weighted by molar-refractivity contribution is 9.10. The molecule has 1 aliphatic rings. The molecule has 2 nitrogen and oxygen atoms in total. The van der Waals surface area contributed by atoms with Crippen LogP contribution in [0.3, 0.4) is 0 Å². The lowest BCUT2D eigenvalue weighted by Gasteiger charge is -2.16. The van der Waals surface area contributed by atoms with Gasteiger partial charge < -0.3 is 5.32 Å². The summed E-state index contributed by atoms with van der Waals surface area (Å²) in [5.41, 5.74) is 0.350. The normalized spacial score (nSPS) is 23.7. The van der Waals surface area contributed by atoms with Gasteiger partial charge in [0.05, 0.1) is 0 Å². The van der Waals surface area contributed by atoms with Crippen LogP contribution < -0.4 is 5.32 Å². The number of nitrogens with one attached hydrogen (secondary N) is 1. The van der Waals surface area contributed by atoms with Gasteiger partial charge in [-0.15, -0.1) is 0 Å². The predicted octanol–water partition coefficient (Wildman–Crippen LogP) is 3.63. The number of alkyl halides is 1. The number of hydrogen-bond acceptors (Lipinski definition) is 1. The fourth-order valence-electron chi connectivity index (χ4n) is 2.01. The van der Waals surface area contributed by atoms with E-state index in [0.717, 1.165) is 19.3 Å². The van der Waals surface area contributed by atoms with E-state index in [1.165, 1.54) is 12.1 Å². The zero-order valence-electron chi connectivity index (χ0n) is 9.05. The molecule has 0 aliphatic heterocycles. The third-order valence-corrected chi connectivity index (χ3v) is 4.43. The van der Waals surface area contributed by atoms with Gasteiger partial charge in [0.2, 0.25) is 0 Å². The minimum absolute atomic E-state index is 0.143. The van der Waals surface area contributed by atoms with E-state index in [1.54, 1.807) is 6.07 Å². The van der Waals surface area contributed by atoms with Gasteiger partial charge in [-0.3, -0.25) is 4.79 Å². The van der Waals surface area contributed by atoms with Crippen molar-refractivity contribution in [2.24, 2.45) is 0 Å². The molecule has 2 unspecified atom stereocenters. The second-order valence-electron chi connectivity index (χ2n) is 4.18. The Labute approximate surface area is 116 Å². The molecule has 1 aromatic carbocycles.